The quantitative estimate of drug-likeness (QED) is 0.161. The predicted molar refractivity (Wildman–Crippen MR) is 161 cm³/mol. The maximum absolute atomic E-state index is 14.3. The third-order valence-corrected chi connectivity index (χ3v) is 7.71. The van der Waals surface area contributed by atoms with Crippen molar-refractivity contribution in [3.05, 3.63) is 123 Å². The van der Waals surface area contributed by atoms with E-state index in [0.717, 1.165) is 48.9 Å². The van der Waals surface area contributed by atoms with E-state index in [1.165, 1.54) is 6.07 Å². The zero-order valence-electron chi connectivity index (χ0n) is 23.6. The van der Waals surface area contributed by atoms with Crippen molar-refractivity contribution in [2.24, 2.45) is 0 Å². The van der Waals surface area contributed by atoms with Crippen LogP contribution in [-0.4, -0.2) is 35.4 Å². The van der Waals surface area contributed by atoms with E-state index in [1.807, 2.05) is 42.5 Å². The number of nitrogens with two attached hydrogens (primary N) is 1. The van der Waals surface area contributed by atoms with Crippen molar-refractivity contribution < 1.29 is 23.1 Å². The SMILES string of the molecule is Nc1[nH]c(=O)c(-c2ccc(CCN[C@@H](Cc3ccccc3)C(=O)OC3CCCC3)cc2)cc1C(=O)c1ccc(F)cc1F. The number of H-pyrrole nitrogens is 1. The van der Waals surface area contributed by atoms with Crippen molar-refractivity contribution in [1.29, 1.82) is 0 Å². The molecule has 1 aliphatic rings. The lowest BCUT2D eigenvalue weighted by molar-refractivity contribution is -0.151. The average molecular weight is 586 g/mol. The number of ketones is 1. The van der Waals surface area contributed by atoms with Gasteiger partial charge in [-0.05, 0) is 80.0 Å². The second kappa shape index (κ2) is 13.6. The second-order valence-electron chi connectivity index (χ2n) is 10.8. The first-order chi connectivity index (χ1) is 20.8. The van der Waals surface area contributed by atoms with Gasteiger partial charge in [-0.15, -0.1) is 0 Å². The van der Waals surface area contributed by atoms with Gasteiger partial charge in [0.1, 0.15) is 29.6 Å². The van der Waals surface area contributed by atoms with Gasteiger partial charge in [0.05, 0.1) is 11.1 Å². The summed E-state index contributed by atoms with van der Waals surface area (Å²) in [4.78, 5) is 41.2. The molecule has 222 valence electrons. The summed E-state index contributed by atoms with van der Waals surface area (Å²) in [5.74, 6) is -3.05. The maximum atomic E-state index is 14.3. The molecular formula is C34H33F2N3O4. The van der Waals surface area contributed by atoms with Crippen molar-refractivity contribution in [2.45, 2.75) is 50.7 Å². The van der Waals surface area contributed by atoms with E-state index in [2.05, 4.69) is 10.3 Å². The van der Waals surface area contributed by atoms with E-state index < -0.39 is 29.0 Å². The minimum atomic E-state index is -1.02. The Morgan fingerprint density at radius 2 is 1.65 bits per heavy atom. The lowest BCUT2D eigenvalue weighted by Gasteiger charge is -2.20. The van der Waals surface area contributed by atoms with Gasteiger partial charge >= 0.3 is 5.97 Å². The summed E-state index contributed by atoms with van der Waals surface area (Å²) in [5.41, 5.74) is 7.66. The van der Waals surface area contributed by atoms with E-state index in [1.54, 1.807) is 12.1 Å². The Kier molecular flexibility index (Phi) is 9.41. The molecule has 1 saturated carbocycles. The molecule has 0 radical (unpaired) electrons. The number of aromatic nitrogens is 1. The van der Waals surface area contributed by atoms with Gasteiger partial charge in [-0.25, -0.2) is 8.78 Å². The molecule has 1 fully saturated rings. The highest BCUT2D eigenvalue weighted by atomic mass is 19.1. The summed E-state index contributed by atoms with van der Waals surface area (Å²) >= 11 is 0. The van der Waals surface area contributed by atoms with Crippen molar-refractivity contribution >= 4 is 17.6 Å². The number of hydrogen-bond acceptors (Lipinski definition) is 6. The number of pyridine rings is 1. The topological polar surface area (TPSA) is 114 Å². The Balaban J connectivity index is 1.26. The van der Waals surface area contributed by atoms with Gasteiger partial charge in [-0.2, -0.15) is 0 Å². The van der Waals surface area contributed by atoms with Gasteiger partial charge in [0, 0.05) is 11.6 Å². The van der Waals surface area contributed by atoms with Gasteiger partial charge < -0.3 is 20.8 Å². The Hall–Kier alpha value is -4.63. The minimum absolute atomic E-state index is 0.0119. The van der Waals surface area contributed by atoms with Gasteiger partial charge in [0.2, 0.25) is 0 Å². The van der Waals surface area contributed by atoms with Crippen LogP contribution in [0.2, 0.25) is 0 Å². The molecule has 1 heterocycles. The number of benzene rings is 3. The summed E-state index contributed by atoms with van der Waals surface area (Å²) < 4.78 is 33.4. The van der Waals surface area contributed by atoms with Crippen LogP contribution in [0.5, 0.6) is 0 Å². The molecule has 4 N–H and O–H groups in total. The molecule has 1 atom stereocenters. The van der Waals surface area contributed by atoms with Crippen LogP contribution in [0.3, 0.4) is 0 Å². The molecule has 7 nitrogen and oxygen atoms in total. The van der Waals surface area contributed by atoms with Crippen LogP contribution >= 0.6 is 0 Å². The molecule has 0 aliphatic heterocycles. The van der Waals surface area contributed by atoms with Crippen LogP contribution in [0.15, 0.2) is 83.7 Å². The average Bonchev–Trinajstić information content (AvgIpc) is 3.50. The van der Waals surface area contributed by atoms with E-state index in [0.29, 0.717) is 31.0 Å². The highest BCUT2D eigenvalue weighted by Gasteiger charge is 2.26. The largest absolute Gasteiger partial charge is 0.461 e. The van der Waals surface area contributed by atoms with Crippen LogP contribution in [0.1, 0.15) is 52.7 Å². The summed E-state index contributed by atoms with van der Waals surface area (Å²) in [6.45, 7) is 0.529. The first-order valence-corrected chi connectivity index (χ1v) is 14.4. The zero-order chi connectivity index (χ0) is 30.3. The number of aromatic amines is 1. The lowest BCUT2D eigenvalue weighted by Crippen LogP contribution is -2.42. The van der Waals surface area contributed by atoms with E-state index in [9.17, 15) is 23.2 Å². The highest BCUT2D eigenvalue weighted by molar-refractivity contribution is 6.12. The Morgan fingerprint density at radius 3 is 2.35 bits per heavy atom. The van der Waals surface area contributed by atoms with Crippen LogP contribution in [0.4, 0.5) is 14.6 Å². The molecule has 0 bridgehead atoms. The number of nitrogen functional groups attached to an aromatic ring is 1. The standard InChI is InChI=1S/C34H33F2N3O4/c35-24-14-15-26(29(36)19-24)31(40)28-20-27(33(41)39-32(28)37)23-12-10-21(11-13-23)16-17-38-30(18-22-6-2-1-3-7-22)34(42)43-25-8-4-5-9-25/h1-3,6-7,10-15,19-20,25,30,38H,4-5,8-9,16-18H2,(H3,37,39,41)/t30-/m0/s1. The molecule has 9 heteroatoms. The fraction of sp³-hybridized carbons (Fsp3) is 0.265. The number of nitrogens with one attached hydrogen (secondary N) is 2. The molecule has 0 spiro atoms. The zero-order valence-corrected chi connectivity index (χ0v) is 23.6. The fourth-order valence-corrected chi connectivity index (χ4v) is 5.35. The smallest absolute Gasteiger partial charge is 0.323 e. The van der Waals surface area contributed by atoms with E-state index in [-0.39, 0.29) is 34.6 Å². The number of hydrogen-bond donors (Lipinski definition) is 3. The number of esters is 1. The molecule has 1 aliphatic carbocycles. The number of anilines is 1. The van der Waals surface area contributed by atoms with Crippen molar-refractivity contribution in [3.8, 4) is 11.1 Å². The first kappa shape index (κ1) is 29.8. The molecule has 0 amide bonds. The summed E-state index contributed by atoms with van der Waals surface area (Å²) in [6.07, 6.45) is 5.11. The number of carbonyl (C=O) groups excluding carboxylic acids is 2. The number of halogens is 2. The molecule has 5 rings (SSSR count). The summed E-state index contributed by atoms with van der Waals surface area (Å²) in [6, 6.07) is 20.5. The van der Waals surface area contributed by atoms with Crippen LogP contribution in [0.25, 0.3) is 11.1 Å². The van der Waals surface area contributed by atoms with Gasteiger partial charge in [-0.1, -0.05) is 54.6 Å². The second-order valence-corrected chi connectivity index (χ2v) is 10.8. The highest BCUT2D eigenvalue weighted by Crippen LogP contribution is 2.24. The Labute approximate surface area is 248 Å². The molecule has 4 aromatic rings. The molecular weight excluding hydrogens is 552 g/mol. The van der Waals surface area contributed by atoms with Gasteiger partial charge in [0.15, 0.2) is 5.78 Å². The summed E-state index contributed by atoms with van der Waals surface area (Å²) in [5, 5.41) is 3.36. The molecule has 43 heavy (non-hydrogen) atoms. The normalized spacial score (nSPS) is 14.0. The minimum Gasteiger partial charge on any atom is -0.461 e. The lowest BCUT2D eigenvalue weighted by atomic mass is 9.98. The summed E-state index contributed by atoms with van der Waals surface area (Å²) in [7, 11) is 0. The predicted octanol–water partition coefficient (Wildman–Crippen LogP) is 5.36. The first-order valence-electron chi connectivity index (χ1n) is 14.4. The third-order valence-electron chi connectivity index (χ3n) is 7.71. The van der Waals surface area contributed by atoms with Crippen LogP contribution in [0, 0.1) is 11.6 Å². The number of ether oxygens (including phenoxy) is 1. The van der Waals surface area contributed by atoms with E-state index in [4.69, 9.17) is 10.5 Å². The monoisotopic (exact) mass is 585 g/mol. The Bertz CT molecular complexity index is 1650. The van der Waals surface area contributed by atoms with Crippen molar-refractivity contribution in [3.63, 3.8) is 0 Å². The van der Waals surface area contributed by atoms with Crippen LogP contribution in [-0.2, 0) is 22.4 Å². The Morgan fingerprint density at radius 1 is 0.930 bits per heavy atom. The third kappa shape index (κ3) is 7.42. The van der Waals surface area contributed by atoms with Crippen LogP contribution < -0.4 is 16.6 Å². The number of carbonyl (C=O) groups is 2. The maximum Gasteiger partial charge on any atom is 0.323 e. The van der Waals surface area contributed by atoms with Gasteiger partial charge in [-0.3, -0.25) is 14.4 Å². The molecule has 3 aromatic carbocycles. The molecule has 0 unspecified atom stereocenters. The molecule has 0 saturated heterocycles. The van der Waals surface area contributed by atoms with Crippen molar-refractivity contribution in [2.75, 3.05) is 12.3 Å². The van der Waals surface area contributed by atoms with Gasteiger partial charge in [0.25, 0.3) is 5.56 Å². The van der Waals surface area contributed by atoms with E-state index >= 15 is 0 Å². The van der Waals surface area contributed by atoms with Crippen molar-refractivity contribution in [1.82, 2.24) is 10.3 Å². The fourth-order valence-electron chi connectivity index (χ4n) is 5.35. The number of rotatable bonds is 11. The molecule has 1 aromatic heterocycles.